The predicted octanol–water partition coefficient (Wildman–Crippen LogP) is 5.53. The van der Waals surface area contributed by atoms with Gasteiger partial charge in [0.1, 0.15) is 17.2 Å². The van der Waals surface area contributed by atoms with E-state index in [1.165, 1.54) is 49.6 Å². The van der Waals surface area contributed by atoms with E-state index in [2.05, 4.69) is 25.6 Å². The van der Waals surface area contributed by atoms with Crippen LogP contribution in [0.25, 0.3) is 0 Å². The Balaban J connectivity index is 1.66. The molecule has 4 rings (SSSR count). The monoisotopic (exact) mass is 569 g/mol. The molecule has 0 saturated carbocycles. The van der Waals surface area contributed by atoms with Crippen molar-refractivity contribution in [1.82, 2.24) is 15.3 Å². The van der Waals surface area contributed by atoms with Crippen molar-refractivity contribution in [3.63, 3.8) is 0 Å². The van der Waals surface area contributed by atoms with Gasteiger partial charge < -0.3 is 10.1 Å². The second-order valence-corrected chi connectivity index (χ2v) is 9.24. The summed E-state index contributed by atoms with van der Waals surface area (Å²) in [5.74, 6) is -2.45. The molecular formula is C24H17Cl2F4N5O3. The van der Waals surface area contributed by atoms with Crippen LogP contribution in [-0.2, 0) is 10.3 Å². The largest absolute Gasteiger partial charge is 0.452 e. The van der Waals surface area contributed by atoms with Gasteiger partial charge in [-0.15, -0.1) is 0 Å². The first-order valence-corrected chi connectivity index (χ1v) is 11.6. The number of anilines is 1. The van der Waals surface area contributed by atoms with Crippen LogP contribution >= 0.6 is 23.2 Å². The third-order valence-corrected chi connectivity index (χ3v) is 5.94. The van der Waals surface area contributed by atoms with Gasteiger partial charge in [0.15, 0.2) is 6.10 Å². The molecule has 0 fully saturated rings. The van der Waals surface area contributed by atoms with Crippen molar-refractivity contribution in [2.75, 3.05) is 5.32 Å². The molecule has 8 nitrogen and oxygen atoms in total. The number of nitrogens with one attached hydrogen (secondary N) is 2. The second kappa shape index (κ2) is 10.5. The zero-order valence-electron chi connectivity index (χ0n) is 19.3. The van der Waals surface area contributed by atoms with E-state index in [-0.39, 0.29) is 27.7 Å². The maximum Gasteiger partial charge on any atom is 0.425 e. The molecule has 0 bridgehead atoms. The molecule has 38 heavy (non-hydrogen) atoms. The van der Waals surface area contributed by atoms with Gasteiger partial charge in [-0.25, -0.2) is 19.4 Å². The van der Waals surface area contributed by atoms with Crippen LogP contribution in [0.2, 0.25) is 10.0 Å². The van der Waals surface area contributed by atoms with Crippen molar-refractivity contribution in [2.45, 2.75) is 31.2 Å². The van der Waals surface area contributed by atoms with Gasteiger partial charge in [-0.2, -0.15) is 13.2 Å². The first-order chi connectivity index (χ1) is 17.8. The molecule has 0 saturated heterocycles. The van der Waals surface area contributed by atoms with Crippen LogP contribution in [0.5, 0.6) is 0 Å². The van der Waals surface area contributed by atoms with Gasteiger partial charge >= 0.3 is 6.18 Å². The van der Waals surface area contributed by atoms with Gasteiger partial charge in [0.25, 0.3) is 17.8 Å². The number of carbonyl (C=O) groups excluding carboxylic acids is 2. The molecule has 1 aliphatic rings. The molecule has 3 heterocycles. The molecule has 0 radical (unpaired) electrons. The molecule has 3 aromatic rings. The number of carbonyl (C=O) groups is 2. The summed E-state index contributed by atoms with van der Waals surface area (Å²) in [6.45, 7) is 1.26. The topological polar surface area (TPSA) is 106 Å². The van der Waals surface area contributed by atoms with Crippen LogP contribution in [0.4, 0.5) is 23.2 Å². The number of aromatic nitrogens is 2. The minimum atomic E-state index is -4.87. The minimum absolute atomic E-state index is 0.00789. The van der Waals surface area contributed by atoms with Crippen molar-refractivity contribution in [2.24, 2.45) is 4.99 Å². The Morgan fingerprint density at radius 1 is 0.974 bits per heavy atom. The summed E-state index contributed by atoms with van der Waals surface area (Å²) in [6.07, 6.45) is -5.65. The number of hydrogen-bond acceptors (Lipinski definition) is 6. The third kappa shape index (κ3) is 6.20. The molecule has 14 heteroatoms. The number of rotatable bonds is 4. The van der Waals surface area contributed by atoms with Gasteiger partial charge in [0.05, 0.1) is 15.6 Å². The van der Waals surface area contributed by atoms with Gasteiger partial charge in [-0.05, 0) is 49.4 Å². The highest BCUT2D eigenvalue weighted by molar-refractivity contribution is 6.30. The Bertz CT molecular complexity index is 1400. The number of pyridine rings is 2. The number of benzene rings is 1. The smallest absolute Gasteiger partial charge is 0.425 e. The van der Waals surface area contributed by atoms with E-state index < -0.39 is 47.9 Å². The van der Waals surface area contributed by atoms with Crippen molar-refractivity contribution in [3.05, 3.63) is 87.7 Å². The highest BCUT2D eigenvalue weighted by atomic mass is 35.5. The van der Waals surface area contributed by atoms with Gasteiger partial charge in [0.2, 0.25) is 0 Å². The summed E-state index contributed by atoms with van der Waals surface area (Å²) in [5, 5.41) is 5.21. The number of alkyl halides is 3. The Morgan fingerprint density at radius 3 is 2.08 bits per heavy atom. The number of aliphatic imine (C=N–C) groups is 1. The minimum Gasteiger partial charge on any atom is -0.452 e. The summed E-state index contributed by atoms with van der Waals surface area (Å²) in [6, 6.07) is 8.03. The Kier molecular flexibility index (Phi) is 7.56. The standard InChI is InChI=1S/C24H17Cl2F4N5O3/c1-23(15-8-14(4-5-16(15)27)33-20(36)17-6-2-12(25)10-31-17)9-19(24(28,29)30)38-22(35-23)34-21(37)18-7-3-13(26)11-32-18/h2-8,10-11,19H,9H2,1H3,(H,33,36)(H,34,35,37)/t19-,23-/m0/s1. The Hall–Kier alpha value is -3.77. The number of halogens is 6. The van der Waals surface area contributed by atoms with E-state index in [1.807, 2.05) is 0 Å². The molecule has 2 N–H and O–H groups in total. The number of hydrogen-bond donors (Lipinski definition) is 2. The van der Waals surface area contributed by atoms with Gasteiger partial charge in [0, 0.05) is 30.1 Å². The van der Waals surface area contributed by atoms with Crippen LogP contribution in [0.1, 0.15) is 39.9 Å². The molecule has 2 atom stereocenters. The van der Waals surface area contributed by atoms with Crippen molar-refractivity contribution < 1.29 is 31.9 Å². The SMILES string of the molecule is C[C@@]1(c2cc(NC(=O)c3ccc(Cl)cn3)ccc2F)C[C@@H](C(F)(F)F)OC(NC(=O)c2ccc(Cl)cn2)=N1. The number of amides is 2. The molecule has 1 aliphatic heterocycles. The number of amidine groups is 1. The van der Waals surface area contributed by atoms with Crippen LogP contribution in [0.3, 0.4) is 0 Å². The fourth-order valence-corrected chi connectivity index (χ4v) is 3.86. The first-order valence-electron chi connectivity index (χ1n) is 10.8. The number of ether oxygens (including phenoxy) is 1. The Morgan fingerprint density at radius 2 is 1.55 bits per heavy atom. The van der Waals surface area contributed by atoms with Crippen LogP contribution < -0.4 is 10.6 Å². The van der Waals surface area contributed by atoms with E-state index in [9.17, 15) is 27.2 Å². The third-order valence-electron chi connectivity index (χ3n) is 5.50. The fourth-order valence-electron chi connectivity index (χ4n) is 3.64. The molecular weight excluding hydrogens is 553 g/mol. The zero-order valence-corrected chi connectivity index (χ0v) is 20.8. The molecule has 198 valence electrons. The maximum absolute atomic E-state index is 15.0. The van der Waals surface area contributed by atoms with Gasteiger partial charge in [-0.1, -0.05) is 23.2 Å². The molecule has 0 spiro atoms. The summed E-state index contributed by atoms with van der Waals surface area (Å²) in [4.78, 5) is 36.8. The lowest BCUT2D eigenvalue weighted by Crippen LogP contribution is -2.48. The summed E-state index contributed by atoms with van der Waals surface area (Å²) >= 11 is 11.5. The van der Waals surface area contributed by atoms with E-state index in [0.29, 0.717) is 5.02 Å². The number of nitrogens with zero attached hydrogens (tertiary/aromatic N) is 3. The quantitative estimate of drug-likeness (QED) is 0.402. The van der Waals surface area contributed by atoms with Crippen LogP contribution in [0.15, 0.2) is 59.9 Å². The summed E-state index contributed by atoms with van der Waals surface area (Å²) in [7, 11) is 0. The lowest BCUT2D eigenvalue weighted by atomic mass is 9.85. The van der Waals surface area contributed by atoms with E-state index in [1.54, 1.807) is 0 Å². The Labute approximate surface area is 223 Å². The van der Waals surface area contributed by atoms with E-state index in [0.717, 1.165) is 12.1 Å². The molecule has 2 amide bonds. The molecule has 1 aromatic carbocycles. The lowest BCUT2D eigenvalue weighted by Gasteiger charge is -2.36. The van der Waals surface area contributed by atoms with Crippen molar-refractivity contribution in [1.29, 1.82) is 0 Å². The average molecular weight is 570 g/mol. The predicted molar refractivity (Wildman–Crippen MR) is 131 cm³/mol. The van der Waals surface area contributed by atoms with E-state index in [4.69, 9.17) is 27.9 Å². The fraction of sp³-hybridized carbons (Fsp3) is 0.208. The second-order valence-electron chi connectivity index (χ2n) is 8.37. The van der Waals surface area contributed by atoms with E-state index >= 15 is 0 Å². The van der Waals surface area contributed by atoms with Crippen molar-refractivity contribution in [3.8, 4) is 0 Å². The summed E-state index contributed by atoms with van der Waals surface area (Å²) in [5.41, 5.74) is -2.20. The van der Waals surface area contributed by atoms with Gasteiger partial charge in [-0.3, -0.25) is 14.9 Å². The highest BCUT2D eigenvalue weighted by Gasteiger charge is 2.50. The van der Waals surface area contributed by atoms with Crippen LogP contribution in [0, 0.1) is 5.82 Å². The zero-order chi connectivity index (χ0) is 27.7. The van der Waals surface area contributed by atoms with Crippen LogP contribution in [-0.4, -0.2) is 40.1 Å². The normalized spacial score (nSPS) is 19.2. The molecule has 0 unspecified atom stereocenters. The molecule has 2 aromatic heterocycles. The first kappa shape index (κ1) is 27.3. The molecule has 0 aliphatic carbocycles. The van der Waals surface area contributed by atoms with Crippen molar-refractivity contribution >= 4 is 46.7 Å². The highest BCUT2D eigenvalue weighted by Crippen LogP contribution is 2.41. The maximum atomic E-state index is 15.0. The average Bonchev–Trinajstić information content (AvgIpc) is 2.85. The summed E-state index contributed by atoms with van der Waals surface area (Å²) < 4.78 is 61.2. The lowest BCUT2D eigenvalue weighted by molar-refractivity contribution is -0.208.